The largest absolute Gasteiger partial charge is 0.497 e. The number of hydrogen-bond acceptors (Lipinski definition) is 7. The number of alkyl halides is 1. The molecule has 0 saturated heterocycles. The number of hydrogen-bond donors (Lipinski definition) is 5. The van der Waals surface area contributed by atoms with E-state index < -0.39 is 24.2 Å². The molecule has 1 unspecified atom stereocenters. The fraction of sp³-hybridized carbons (Fsp3) is 0.160. The zero-order valence-corrected chi connectivity index (χ0v) is 19.8. The molecular weight excluding hydrogens is 484 g/mol. The average molecular weight is 510 g/mol. The van der Waals surface area contributed by atoms with E-state index in [0.717, 1.165) is 4.68 Å². The molecule has 0 spiro atoms. The summed E-state index contributed by atoms with van der Waals surface area (Å²) in [4.78, 5) is 15.5. The summed E-state index contributed by atoms with van der Waals surface area (Å²) < 4.78 is 40.1. The van der Waals surface area contributed by atoms with Crippen LogP contribution in [0.4, 0.5) is 20.2 Å². The quantitative estimate of drug-likeness (QED) is 0.125. The third-order valence-corrected chi connectivity index (χ3v) is 5.50. The van der Waals surface area contributed by atoms with Gasteiger partial charge in [-0.05, 0) is 42.5 Å². The Morgan fingerprint density at radius 2 is 1.95 bits per heavy atom. The van der Waals surface area contributed by atoms with Crippen LogP contribution < -0.4 is 31.9 Å². The lowest BCUT2D eigenvalue weighted by Gasteiger charge is -2.21. The minimum atomic E-state index is -1.05. The molecule has 0 aliphatic rings. The van der Waals surface area contributed by atoms with Crippen LogP contribution >= 0.6 is 0 Å². The van der Waals surface area contributed by atoms with Crippen LogP contribution in [0.2, 0.25) is 0 Å². The van der Waals surface area contributed by atoms with E-state index in [0.29, 0.717) is 22.6 Å². The van der Waals surface area contributed by atoms with Crippen molar-refractivity contribution in [1.29, 1.82) is 5.41 Å². The van der Waals surface area contributed by atoms with Gasteiger partial charge in [-0.1, -0.05) is 12.1 Å². The third kappa shape index (κ3) is 5.37. The third-order valence-electron chi connectivity index (χ3n) is 5.50. The van der Waals surface area contributed by atoms with Crippen molar-refractivity contribution in [1.82, 2.24) is 14.8 Å². The maximum absolute atomic E-state index is 15.7. The number of para-hydroxylation sites is 2. The number of nitrogens with two attached hydrogens (primary N) is 2. The molecule has 1 atom stereocenters. The van der Waals surface area contributed by atoms with E-state index in [2.05, 4.69) is 15.4 Å². The molecule has 0 aliphatic heterocycles. The molecular formula is C25H25F2N7O3. The highest BCUT2D eigenvalue weighted by Crippen LogP contribution is 2.35. The number of rotatable bonds is 10. The van der Waals surface area contributed by atoms with E-state index in [1.807, 2.05) is 0 Å². The number of nitrogen functional groups attached to an aromatic ring is 2. The molecule has 1 aromatic heterocycles. The Balaban J connectivity index is 1.85. The van der Waals surface area contributed by atoms with Crippen LogP contribution in [0.25, 0.3) is 5.69 Å². The molecule has 10 nitrogen and oxygen atoms in total. The first-order valence-electron chi connectivity index (χ1n) is 11.1. The Labute approximate surface area is 210 Å². The van der Waals surface area contributed by atoms with E-state index in [1.54, 1.807) is 48.5 Å². The van der Waals surface area contributed by atoms with Crippen LogP contribution in [0.5, 0.6) is 11.5 Å². The number of aromatic amines is 1. The first-order valence-corrected chi connectivity index (χ1v) is 11.1. The Hall–Kier alpha value is -4.87. The summed E-state index contributed by atoms with van der Waals surface area (Å²) in [6, 6.07) is 14.9. The molecule has 4 rings (SSSR count). The molecule has 1 heterocycles. The number of aromatic nitrogens is 3. The zero-order valence-electron chi connectivity index (χ0n) is 19.8. The summed E-state index contributed by atoms with van der Waals surface area (Å²) in [5.74, 6) is -0.813. The van der Waals surface area contributed by atoms with Gasteiger partial charge in [0.2, 0.25) is 0 Å². The summed E-state index contributed by atoms with van der Waals surface area (Å²) >= 11 is 0. The van der Waals surface area contributed by atoms with Crippen LogP contribution in [0, 0.1) is 11.2 Å². The van der Waals surface area contributed by atoms with E-state index >= 15 is 4.39 Å². The Kier molecular flexibility index (Phi) is 7.37. The van der Waals surface area contributed by atoms with E-state index in [4.69, 9.17) is 26.4 Å². The first kappa shape index (κ1) is 25.2. The fourth-order valence-electron chi connectivity index (χ4n) is 3.69. The highest BCUT2D eigenvalue weighted by Gasteiger charge is 2.27. The normalized spacial score (nSPS) is 11.6. The molecule has 0 saturated carbocycles. The molecule has 12 heteroatoms. The Bertz CT molecular complexity index is 1470. The van der Waals surface area contributed by atoms with Crippen molar-refractivity contribution in [2.24, 2.45) is 5.73 Å². The van der Waals surface area contributed by atoms with E-state index in [9.17, 15) is 9.18 Å². The standard InChI is InChI=1S/C25H25F2N7O3/c1-36-16-12-17(21(27)20(13-16)37-11-10-26)22(31-15-8-6-14(7-9-15)23(29)30)24-32-25(35)34(33-24)19-5-3-2-4-18(19)28/h2-9,12-13,22,31H,10-11,28H2,1H3,(H3,29,30)(H,32,33,35). The van der Waals surface area contributed by atoms with Gasteiger partial charge in [0.05, 0.1) is 18.5 Å². The second-order valence-electron chi connectivity index (χ2n) is 7.92. The number of anilines is 2. The Morgan fingerprint density at radius 3 is 2.59 bits per heavy atom. The predicted molar refractivity (Wildman–Crippen MR) is 136 cm³/mol. The average Bonchev–Trinajstić information content (AvgIpc) is 3.28. The smallest absolute Gasteiger partial charge is 0.348 e. The first-order chi connectivity index (χ1) is 17.8. The van der Waals surface area contributed by atoms with Gasteiger partial charge in [0.25, 0.3) is 0 Å². The van der Waals surface area contributed by atoms with Gasteiger partial charge in [0.1, 0.15) is 30.9 Å². The van der Waals surface area contributed by atoms with Gasteiger partial charge in [-0.15, -0.1) is 5.10 Å². The molecule has 3 aromatic carbocycles. The van der Waals surface area contributed by atoms with Crippen LogP contribution in [0.3, 0.4) is 0 Å². The van der Waals surface area contributed by atoms with Crippen molar-refractivity contribution in [2.45, 2.75) is 6.04 Å². The second kappa shape index (κ2) is 10.8. The topological polar surface area (TPSA) is 157 Å². The number of methoxy groups -OCH3 is 1. The van der Waals surface area contributed by atoms with E-state index in [-0.39, 0.29) is 35.3 Å². The maximum Gasteiger partial charge on any atom is 0.348 e. The summed E-state index contributed by atoms with van der Waals surface area (Å²) in [5, 5.41) is 15.1. The van der Waals surface area contributed by atoms with Gasteiger partial charge < -0.3 is 26.3 Å². The van der Waals surface area contributed by atoms with Gasteiger partial charge in [-0.2, -0.15) is 4.68 Å². The van der Waals surface area contributed by atoms with E-state index in [1.165, 1.54) is 19.2 Å². The zero-order chi connectivity index (χ0) is 26.5. The molecule has 37 heavy (non-hydrogen) atoms. The summed E-state index contributed by atoms with van der Waals surface area (Å²) in [6.07, 6.45) is 0. The molecule has 4 aromatic rings. The van der Waals surface area contributed by atoms with Crippen LogP contribution in [0.1, 0.15) is 23.0 Å². The Morgan fingerprint density at radius 1 is 1.22 bits per heavy atom. The highest BCUT2D eigenvalue weighted by molar-refractivity contribution is 5.95. The highest BCUT2D eigenvalue weighted by atomic mass is 19.1. The van der Waals surface area contributed by atoms with Gasteiger partial charge in [0.15, 0.2) is 17.4 Å². The van der Waals surface area contributed by atoms with Crippen molar-refractivity contribution in [3.8, 4) is 17.2 Å². The fourth-order valence-corrected chi connectivity index (χ4v) is 3.69. The van der Waals surface area contributed by atoms with Crippen LogP contribution in [-0.4, -0.2) is 41.0 Å². The van der Waals surface area contributed by atoms with Crippen molar-refractivity contribution in [3.63, 3.8) is 0 Å². The van der Waals surface area contributed by atoms with Crippen molar-refractivity contribution < 1.29 is 18.3 Å². The number of ether oxygens (including phenoxy) is 2. The lowest BCUT2D eigenvalue weighted by molar-refractivity contribution is 0.260. The van der Waals surface area contributed by atoms with Gasteiger partial charge in [-0.25, -0.2) is 13.6 Å². The maximum atomic E-state index is 15.7. The van der Waals surface area contributed by atoms with Crippen LogP contribution in [0.15, 0.2) is 65.5 Å². The van der Waals surface area contributed by atoms with Gasteiger partial charge in [0, 0.05) is 22.9 Å². The van der Waals surface area contributed by atoms with Crippen molar-refractivity contribution in [2.75, 3.05) is 31.4 Å². The lowest BCUT2D eigenvalue weighted by Crippen LogP contribution is -2.18. The molecule has 192 valence electrons. The molecule has 0 amide bonds. The minimum absolute atomic E-state index is 0.0192. The lowest BCUT2D eigenvalue weighted by atomic mass is 10.0. The minimum Gasteiger partial charge on any atom is -0.497 e. The molecule has 7 N–H and O–H groups in total. The van der Waals surface area contributed by atoms with Crippen LogP contribution in [-0.2, 0) is 0 Å². The number of H-pyrrole nitrogens is 1. The molecule has 0 bridgehead atoms. The van der Waals surface area contributed by atoms with Crippen molar-refractivity contribution in [3.05, 3.63) is 93.9 Å². The monoisotopic (exact) mass is 509 g/mol. The number of halogens is 2. The molecule has 0 aliphatic carbocycles. The predicted octanol–water partition coefficient (Wildman–Crippen LogP) is 3.12. The molecule has 0 fully saturated rings. The summed E-state index contributed by atoms with van der Waals surface area (Å²) in [5.41, 5.74) is 12.7. The number of nitrogens with one attached hydrogen (secondary N) is 3. The van der Waals surface area contributed by atoms with Gasteiger partial charge >= 0.3 is 5.69 Å². The number of amidine groups is 1. The second-order valence-corrected chi connectivity index (χ2v) is 7.92. The van der Waals surface area contributed by atoms with Crippen molar-refractivity contribution >= 4 is 17.2 Å². The summed E-state index contributed by atoms with van der Waals surface area (Å²) in [7, 11) is 1.40. The molecule has 0 radical (unpaired) electrons. The van der Waals surface area contributed by atoms with Gasteiger partial charge in [-0.3, -0.25) is 10.4 Å². The summed E-state index contributed by atoms with van der Waals surface area (Å²) in [6.45, 7) is -1.17. The number of benzene rings is 3. The SMILES string of the molecule is COc1cc(OCCF)c(F)c(C(Nc2ccc(C(=N)N)cc2)c2nn(-c3ccccc3N)c(=O)[nH]2)c1. The number of nitrogens with zero attached hydrogens (tertiary/aromatic N) is 2.